The van der Waals surface area contributed by atoms with Crippen molar-refractivity contribution in [2.75, 3.05) is 19.6 Å². The van der Waals surface area contributed by atoms with Crippen molar-refractivity contribution in [1.29, 1.82) is 0 Å². The number of hydrogen-bond acceptors (Lipinski definition) is 3. The van der Waals surface area contributed by atoms with Gasteiger partial charge in [-0.1, -0.05) is 60.7 Å². The second kappa shape index (κ2) is 11.6. The van der Waals surface area contributed by atoms with E-state index >= 15 is 0 Å². The standard InChI is InChI=1S/C28H30FN3O2/c29-25-8-5-6-22(16-25)17-27(33)31-19-28(34)30-18-24-7-1-2-9-26(24)23-12-10-21(11-13-23)20-32-14-3-4-15-32/h1-2,5-13,16H,3-4,14-15,17-20H2,(H,30,34)(H,31,33). The second-order valence-electron chi connectivity index (χ2n) is 8.70. The first-order valence-corrected chi connectivity index (χ1v) is 11.7. The Labute approximate surface area is 200 Å². The summed E-state index contributed by atoms with van der Waals surface area (Å²) in [6.07, 6.45) is 2.60. The van der Waals surface area contributed by atoms with Gasteiger partial charge < -0.3 is 10.6 Å². The van der Waals surface area contributed by atoms with Gasteiger partial charge in [0.05, 0.1) is 13.0 Å². The Balaban J connectivity index is 1.28. The smallest absolute Gasteiger partial charge is 0.239 e. The van der Waals surface area contributed by atoms with Crippen molar-refractivity contribution in [1.82, 2.24) is 15.5 Å². The van der Waals surface area contributed by atoms with Crippen molar-refractivity contribution < 1.29 is 14.0 Å². The quantitative estimate of drug-likeness (QED) is 0.507. The van der Waals surface area contributed by atoms with E-state index in [1.54, 1.807) is 12.1 Å². The Kier molecular flexibility index (Phi) is 8.04. The Morgan fingerprint density at radius 1 is 0.824 bits per heavy atom. The molecule has 2 N–H and O–H groups in total. The van der Waals surface area contributed by atoms with Crippen molar-refractivity contribution in [2.45, 2.75) is 32.4 Å². The molecular formula is C28H30FN3O2. The number of amides is 2. The first kappa shape index (κ1) is 23.6. The van der Waals surface area contributed by atoms with E-state index in [9.17, 15) is 14.0 Å². The largest absolute Gasteiger partial charge is 0.350 e. The highest BCUT2D eigenvalue weighted by Crippen LogP contribution is 2.25. The molecule has 1 aliphatic rings. The highest BCUT2D eigenvalue weighted by molar-refractivity contribution is 5.85. The molecule has 176 valence electrons. The van der Waals surface area contributed by atoms with Crippen molar-refractivity contribution in [2.24, 2.45) is 0 Å². The fourth-order valence-corrected chi connectivity index (χ4v) is 4.27. The molecule has 6 heteroatoms. The van der Waals surface area contributed by atoms with Crippen LogP contribution >= 0.6 is 0 Å². The minimum Gasteiger partial charge on any atom is -0.350 e. The molecule has 3 aromatic rings. The first-order chi connectivity index (χ1) is 16.6. The van der Waals surface area contributed by atoms with Crippen LogP contribution in [0.1, 0.15) is 29.5 Å². The third-order valence-corrected chi connectivity index (χ3v) is 6.06. The van der Waals surface area contributed by atoms with E-state index in [1.807, 2.05) is 18.2 Å². The lowest BCUT2D eigenvalue weighted by molar-refractivity contribution is -0.125. The highest BCUT2D eigenvalue weighted by Gasteiger charge is 2.12. The maximum atomic E-state index is 13.3. The lowest BCUT2D eigenvalue weighted by atomic mass is 9.98. The number of carbonyl (C=O) groups is 2. The number of benzene rings is 3. The molecule has 0 bridgehead atoms. The number of hydrogen-bond donors (Lipinski definition) is 2. The fraction of sp³-hybridized carbons (Fsp3) is 0.286. The molecule has 3 aromatic carbocycles. The molecule has 5 nitrogen and oxygen atoms in total. The SMILES string of the molecule is O=C(CNC(=O)Cc1cccc(F)c1)NCc1ccccc1-c1ccc(CN2CCCC2)cc1. The summed E-state index contributed by atoms with van der Waals surface area (Å²) >= 11 is 0. The van der Waals surface area contributed by atoms with Crippen LogP contribution in [-0.2, 0) is 29.1 Å². The van der Waals surface area contributed by atoms with Gasteiger partial charge in [-0.15, -0.1) is 0 Å². The van der Waals surface area contributed by atoms with E-state index in [1.165, 1.54) is 43.6 Å². The lowest BCUT2D eigenvalue weighted by Gasteiger charge is -2.15. The molecule has 1 aliphatic heterocycles. The van der Waals surface area contributed by atoms with E-state index in [0.29, 0.717) is 12.1 Å². The van der Waals surface area contributed by atoms with Gasteiger partial charge in [0.2, 0.25) is 11.8 Å². The summed E-state index contributed by atoms with van der Waals surface area (Å²) in [5.41, 5.74) is 5.07. The number of halogens is 1. The zero-order valence-electron chi connectivity index (χ0n) is 19.2. The van der Waals surface area contributed by atoms with Gasteiger partial charge in [-0.3, -0.25) is 14.5 Å². The van der Waals surface area contributed by atoms with Crippen molar-refractivity contribution >= 4 is 11.8 Å². The van der Waals surface area contributed by atoms with E-state index in [4.69, 9.17) is 0 Å². The van der Waals surface area contributed by atoms with Gasteiger partial charge in [0.25, 0.3) is 0 Å². The summed E-state index contributed by atoms with van der Waals surface area (Å²) in [6, 6.07) is 22.5. The van der Waals surface area contributed by atoms with Crippen molar-refractivity contribution in [3.63, 3.8) is 0 Å². The summed E-state index contributed by atoms with van der Waals surface area (Å²) < 4.78 is 13.3. The third-order valence-electron chi connectivity index (χ3n) is 6.06. The maximum absolute atomic E-state index is 13.3. The van der Waals surface area contributed by atoms with Crippen molar-refractivity contribution in [3.05, 3.63) is 95.3 Å². The summed E-state index contributed by atoms with van der Waals surface area (Å²) in [7, 11) is 0. The highest BCUT2D eigenvalue weighted by atomic mass is 19.1. The number of nitrogens with zero attached hydrogens (tertiary/aromatic N) is 1. The zero-order valence-corrected chi connectivity index (χ0v) is 19.2. The normalized spacial score (nSPS) is 13.6. The van der Waals surface area contributed by atoms with Gasteiger partial charge in [0.1, 0.15) is 5.82 Å². The van der Waals surface area contributed by atoms with Gasteiger partial charge in [-0.2, -0.15) is 0 Å². The van der Waals surface area contributed by atoms with Crippen LogP contribution in [0.2, 0.25) is 0 Å². The van der Waals surface area contributed by atoms with Gasteiger partial charge in [0.15, 0.2) is 0 Å². The summed E-state index contributed by atoms with van der Waals surface area (Å²) in [5.74, 6) is -0.985. The van der Waals surface area contributed by atoms with E-state index in [0.717, 1.165) is 23.2 Å². The molecular weight excluding hydrogens is 429 g/mol. The predicted molar refractivity (Wildman–Crippen MR) is 131 cm³/mol. The summed E-state index contributed by atoms with van der Waals surface area (Å²) in [5, 5.41) is 5.47. The zero-order chi connectivity index (χ0) is 23.8. The summed E-state index contributed by atoms with van der Waals surface area (Å²) in [4.78, 5) is 26.8. The van der Waals surface area contributed by atoms with Crippen molar-refractivity contribution in [3.8, 4) is 11.1 Å². The van der Waals surface area contributed by atoms with Crippen LogP contribution in [0.3, 0.4) is 0 Å². The van der Waals surface area contributed by atoms with Crippen LogP contribution in [0.25, 0.3) is 11.1 Å². The number of carbonyl (C=O) groups excluding carboxylic acids is 2. The molecule has 0 atom stereocenters. The molecule has 0 spiro atoms. The van der Waals surface area contributed by atoms with Crippen LogP contribution < -0.4 is 10.6 Å². The molecule has 0 aromatic heterocycles. The van der Waals surface area contributed by atoms with Gasteiger partial charge in [-0.05, 0) is 65.9 Å². The van der Waals surface area contributed by atoms with Crippen LogP contribution in [0.5, 0.6) is 0 Å². The van der Waals surface area contributed by atoms with E-state index < -0.39 is 0 Å². The minimum atomic E-state index is -0.386. The molecule has 0 radical (unpaired) electrons. The molecule has 1 fully saturated rings. The van der Waals surface area contributed by atoms with Gasteiger partial charge >= 0.3 is 0 Å². The number of nitrogens with one attached hydrogen (secondary N) is 2. The number of rotatable bonds is 9. The predicted octanol–water partition coefficient (Wildman–Crippen LogP) is 4.06. The maximum Gasteiger partial charge on any atom is 0.239 e. The topological polar surface area (TPSA) is 61.4 Å². The van der Waals surface area contributed by atoms with Crippen LogP contribution in [0.4, 0.5) is 4.39 Å². The summed E-state index contributed by atoms with van der Waals surface area (Å²) in [6.45, 7) is 3.58. The lowest BCUT2D eigenvalue weighted by Crippen LogP contribution is -2.37. The Morgan fingerprint density at radius 2 is 1.59 bits per heavy atom. The van der Waals surface area contributed by atoms with Crippen LogP contribution in [0, 0.1) is 5.82 Å². The van der Waals surface area contributed by atoms with E-state index in [-0.39, 0.29) is 30.6 Å². The first-order valence-electron chi connectivity index (χ1n) is 11.7. The molecule has 34 heavy (non-hydrogen) atoms. The monoisotopic (exact) mass is 459 g/mol. The minimum absolute atomic E-state index is 0.0294. The fourth-order valence-electron chi connectivity index (χ4n) is 4.27. The van der Waals surface area contributed by atoms with Crippen LogP contribution in [0.15, 0.2) is 72.8 Å². The molecule has 0 aliphatic carbocycles. The average Bonchev–Trinajstić information content (AvgIpc) is 3.35. The van der Waals surface area contributed by atoms with Crippen LogP contribution in [-0.4, -0.2) is 36.3 Å². The third kappa shape index (κ3) is 6.75. The molecule has 2 amide bonds. The Bertz CT molecular complexity index is 1120. The molecule has 0 saturated carbocycles. The Hall–Kier alpha value is -3.51. The molecule has 0 unspecified atom stereocenters. The van der Waals surface area contributed by atoms with E-state index in [2.05, 4.69) is 45.9 Å². The number of likely N-dealkylation sites (tertiary alicyclic amines) is 1. The Morgan fingerprint density at radius 3 is 2.35 bits per heavy atom. The molecule has 1 heterocycles. The van der Waals surface area contributed by atoms with Gasteiger partial charge in [0, 0.05) is 13.1 Å². The average molecular weight is 460 g/mol. The molecule has 4 rings (SSSR count). The second-order valence-corrected chi connectivity index (χ2v) is 8.70. The molecule has 1 saturated heterocycles. The van der Waals surface area contributed by atoms with Gasteiger partial charge in [-0.25, -0.2) is 4.39 Å².